The fourth-order valence-corrected chi connectivity index (χ4v) is 4.03. The minimum atomic E-state index is 0.461. The molecule has 1 atom stereocenters. The standard InChI is InChI=1S/C24H31N7/c1-2-25-24(27-17-23-29-28-19-31(23)21-12-7-4-8-13-21)26-16-22-14-9-15-30(22)18-20-10-5-3-6-11-20/h3-8,10-13,19,22H,2,9,14-18H2,1H3,(H2,25,26,27). The number of benzene rings is 2. The zero-order chi connectivity index (χ0) is 21.3. The lowest BCUT2D eigenvalue weighted by atomic mass is 10.2. The third kappa shape index (κ3) is 5.70. The molecule has 162 valence electrons. The summed E-state index contributed by atoms with van der Waals surface area (Å²) in [4.78, 5) is 7.33. The third-order valence-corrected chi connectivity index (χ3v) is 5.61. The molecule has 1 unspecified atom stereocenters. The molecule has 1 aromatic heterocycles. The summed E-state index contributed by atoms with van der Waals surface area (Å²) in [7, 11) is 0. The van der Waals surface area contributed by atoms with Crippen LogP contribution in [0.25, 0.3) is 5.69 Å². The van der Waals surface area contributed by atoms with Gasteiger partial charge in [0.2, 0.25) is 0 Å². The van der Waals surface area contributed by atoms with Gasteiger partial charge in [-0.1, -0.05) is 48.5 Å². The van der Waals surface area contributed by atoms with Crippen molar-refractivity contribution in [2.24, 2.45) is 4.99 Å². The highest BCUT2D eigenvalue weighted by molar-refractivity contribution is 5.79. The smallest absolute Gasteiger partial charge is 0.191 e. The van der Waals surface area contributed by atoms with Crippen LogP contribution in [0.5, 0.6) is 0 Å². The van der Waals surface area contributed by atoms with Crippen molar-refractivity contribution >= 4 is 5.96 Å². The molecule has 0 bridgehead atoms. The quantitative estimate of drug-likeness (QED) is 0.436. The fraction of sp³-hybridized carbons (Fsp3) is 0.375. The molecule has 2 aromatic carbocycles. The Hall–Kier alpha value is -3.19. The average molecular weight is 418 g/mol. The van der Waals surface area contributed by atoms with E-state index in [0.717, 1.165) is 43.7 Å². The predicted molar refractivity (Wildman–Crippen MR) is 124 cm³/mol. The Morgan fingerprint density at radius 3 is 2.61 bits per heavy atom. The van der Waals surface area contributed by atoms with Gasteiger partial charge in [-0.3, -0.25) is 9.47 Å². The maximum Gasteiger partial charge on any atom is 0.191 e. The number of para-hydroxylation sites is 1. The molecule has 3 aromatic rings. The number of nitrogens with zero attached hydrogens (tertiary/aromatic N) is 5. The number of hydrogen-bond acceptors (Lipinski definition) is 4. The lowest BCUT2D eigenvalue weighted by Gasteiger charge is -2.25. The van der Waals surface area contributed by atoms with E-state index in [-0.39, 0.29) is 0 Å². The average Bonchev–Trinajstić information content (AvgIpc) is 3.46. The summed E-state index contributed by atoms with van der Waals surface area (Å²) in [6.07, 6.45) is 4.19. The number of likely N-dealkylation sites (tertiary alicyclic amines) is 1. The summed E-state index contributed by atoms with van der Waals surface area (Å²) >= 11 is 0. The van der Waals surface area contributed by atoms with Crippen LogP contribution in [0.3, 0.4) is 0 Å². The molecule has 0 spiro atoms. The number of hydrogen-bond donors (Lipinski definition) is 2. The van der Waals surface area contributed by atoms with Gasteiger partial charge >= 0.3 is 0 Å². The molecule has 0 amide bonds. The molecular formula is C24H31N7. The highest BCUT2D eigenvalue weighted by Crippen LogP contribution is 2.19. The van der Waals surface area contributed by atoms with E-state index in [1.807, 2.05) is 34.9 Å². The molecule has 4 rings (SSSR count). The van der Waals surface area contributed by atoms with Crippen LogP contribution < -0.4 is 10.6 Å². The van der Waals surface area contributed by atoms with Gasteiger partial charge in [0.1, 0.15) is 12.9 Å². The van der Waals surface area contributed by atoms with Crippen molar-refractivity contribution in [1.82, 2.24) is 30.3 Å². The lowest BCUT2D eigenvalue weighted by Crippen LogP contribution is -2.44. The summed E-state index contributed by atoms with van der Waals surface area (Å²) < 4.78 is 1.98. The monoisotopic (exact) mass is 417 g/mol. The van der Waals surface area contributed by atoms with Gasteiger partial charge in [-0.15, -0.1) is 10.2 Å². The summed E-state index contributed by atoms with van der Waals surface area (Å²) in [5, 5.41) is 15.2. The van der Waals surface area contributed by atoms with E-state index < -0.39 is 0 Å². The predicted octanol–water partition coefficient (Wildman–Crippen LogP) is 2.99. The van der Waals surface area contributed by atoms with Crippen LogP contribution >= 0.6 is 0 Å². The van der Waals surface area contributed by atoms with Crippen molar-refractivity contribution < 1.29 is 0 Å². The first-order valence-electron chi connectivity index (χ1n) is 11.1. The third-order valence-electron chi connectivity index (χ3n) is 5.61. The second-order valence-electron chi connectivity index (χ2n) is 7.78. The molecule has 31 heavy (non-hydrogen) atoms. The Bertz CT molecular complexity index is 952. The van der Waals surface area contributed by atoms with E-state index in [9.17, 15) is 0 Å². The zero-order valence-electron chi connectivity index (χ0n) is 18.1. The van der Waals surface area contributed by atoms with E-state index in [0.29, 0.717) is 12.6 Å². The largest absolute Gasteiger partial charge is 0.357 e. The molecule has 7 nitrogen and oxygen atoms in total. The Morgan fingerprint density at radius 1 is 1.06 bits per heavy atom. The van der Waals surface area contributed by atoms with E-state index in [2.05, 4.69) is 63.0 Å². The molecule has 0 saturated carbocycles. The molecule has 7 heteroatoms. The van der Waals surface area contributed by atoms with Crippen LogP contribution in [-0.2, 0) is 13.1 Å². The van der Waals surface area contributed by atoms with Crippen molar-refractivity contribution in [2.45, 2.75) is 38.9 Å². The Kier molecular flexibility index (Phi) is 7.28. The molecule has 2 heterocycles. The summed E-state index contributed by atoms with van der Waals surface area (Å²) in [6.45, 7) is 6.39. The summed E-state index contributed by atoms with van der Waals surface area (Å²) in [5.74, 6) is 1.63. The first-order chi connectivity index (χ1) is 15.3. The van der Waals surface area contributed by atoms with Crippen LogP contribution in [0, 0.1) is 0 Å². The van der Waals surface area contributed by atoms with Crippen molar-refractivity contribution in [3.8, 4) is 5.69 Å². The molecular weight excluding hydrogens is 386 g/mol. The van der Waals surface area contributed by atoms with Gasteiger partial charge in [-0.2, -0.15) is 0 Å². The molecule has 1 aliphatic rings. The molecule has 1 aliphatic heterocycles. The van der Waals surface area contributed by atoms with Crippen LogP contribution in [-0.4, -0.2) is 51.3 Å². The number of aromatic nitrogens is 3. The van der Waals surface area contributed by atoms with Crippen molar-refractivity contribution in [1.29, 1.82) is 0 Å². The molecule has 2 N–H and O–H groups in total. The van der Waals surface area contributed by atoms with Crippen LogP contribution in [0.2, 0.25) is 0 Å². The summed E-state index contributed by atoms with van der Waals surface area (Å²) in [6, 6.07) is 21.3. The van der Waals surface area contributed by atoms with Crippen molar-refractivity contribution in [2.75, 3.05) is 19.6 Å². The lowest BCUT2D eigenvalue weighted by molar-refractivity contribution is 0.245. The van der Waals surface area contributed by atoms with E-state index >= 15 is 0 Å². The van der Waals surface area contributed by atoms with E-state index in [4.69, 9.17) is 4.99 Å². The molecule has 1 fully saturated rings. The van der Waals surface area contributed by atoms with Gasteiger partial charge in [-0.25, -0.2) is 4.99 Å². The van der Waals surface area contributed by atoms with Crippen LogP contribution in [0.1, 0.15) is 31.2 Å². The normalized spacial score (nSPS) is 17.1. The number of rotatable bonds is 8. The topological polar surface area (TPSA) is 70.4 Å². The zero-order valence-corrected chi connectivity index (χ0v) is 18.1. The Morgan fingerprint density at radius 2 is 1.84 bits per heavy atom. The van der Waals surface area contributed by atoms with Crippen molar-refractivity contribution in [3.05, 3.63) is 78.4 Å². The van der Waals surface area contributed by atoms with Crippen LogP contribution in [0.4, 0.5) is 0 Å². The Labute approximate surface area is 184 Å². The van der Waals surface area contributed by atoms with Gasteiger partial charge in [0.25, 0.3) is 0 Å². The van der Waals surface area contributed by atoms with E-state index in [1.54, 1.807) is 6.33 Å². The minimum absolute atomic E-state index is 0.461. The second kappa shape index (κ2) is 10.7. The maximum atomic E-state index is 4.76. The van der Waals surface area contributed by atoms with Crippen molar-refractivity contribution in [3.63, 3.8) is 0 Å². The minimum Gasteiger partial charge on any atom is -0.357 e. The molecule has 0 radical (unpaired) electrons. The number of nitrogens with one attached hydrogen (secondary N) is 2. The Balaban J connectivity index is 1.37. The van der Waals surface area contributed by atoms with E-state index in [1.165, 1.54) is 18.4 Å². The highest BCUT2D eigenvalue weighted by Gasteiger charge is 2.24. The van der Waals surface area contributed by atoms with Gasteiger partial charge in [0.05, 0.1) is 0 Å². The SMILES string of the molecule is CCNC(=NCc1nncn1-c1ccccc1)NCC1CCCN1Cc1ccccc1. The summed E-state index contributed by atoms with van der Waals surface area (Å²) in [5.41, 5.74) is 2.41. The second-order valence-corrected chi connectivity index (χ2v) is 7.78. The number of aliphatic imine (C=N–C) groups is 1. The first-order valence-corrected chi connectivity index (χ1v) is 11.1. The van der Waals surface area contributed by atoms with Crippen LogP contribution in [0.15, 0.2) is 72.0 Å². The number of guanidine groups is 1. The molecule has 0 aliphatic carbocycles. The van der Waals surface area contributed by atoms with Gasteiger partial charge in [0.15, 0.2) is 11.8 Å². The fourth-order valence-electron chi connectivity index (χ4n) is 4.03. The molecule has 1 saturated heterocycles. The highest BCUT2D eigenvalue weighted by atomic mass is 15.3. The maximum absolute atomic E-state index is 4.76. The van der Waals surface area contributed by atoms with Gasteiger partial charge < -0.3 is 10.6 Å². The van der Waals surface area contributed by atoms with Gasteiger partial charge in [-0.05, 0) is 44.0 Å². The first kappa shape index (κ1) is 21.1. The van der Waals surface area contributed by atoms with Gasteiger partial charge in [0, 0.05) is 31.4 Å².